The van der Waals surface area contributed by atoms with Crippen LogP contribution >= 0.6 is 0 Å². The number of primary amides is 1. The normalized spacial score (nSPS) is 11.3. The molecule has 1 aromatic heterocycles. The number of nitrogens with one attached hydrogen (secondary N) is 3. The molecule has 2 aromatic rings. The van der Waals surface area contributed by atoms with Crippen LogP contribution in [0, 0.1) is 0 Å². The van der Waals surface area contributed by atoms with Crippen molar-refractivity contribution in [1.82, 2.24) is 20.2 Å². The third-order valence-corrected chi connectivity index (χ3v) is 3.72. The number of carbonyl (C=O) groups excluding carboxylic acids is 2. The average Bonchev–Trinajstić information content (AvgIpc) is 2.64. The van der Waals surface area contributed by atoms with Gasteiger partial charge in [-0.05, 0) is 38.4 Å². The largest absolute Gasteiger partial charge is 0.421 e. The van der Waals surface area contributed by atoms with Gasteiger partial charge in [0.05, 0.1) is 6.54 Å². The summed E-state index contributed by atoms with van der Waals surface area (Å²) < 4.78 is 39.7. The summed E-state index contributed by atoms with van der Waals surface area (Å²) in [5.41, 5.74) is 4.88. The van der Waals surface area contributed by atoms with Gasteiger partial charge in [0.25, 0.3) is 0 Å². The number of carbonyl (C=O) groups is 2. The Morgan fingerprint density at radius 1 is 1.13 bits per heavy atom. The van der Waals surface area contributed by atoms with Crippen LogP contribution in [-0.2, 0) is 11.0 Å². The monoisotopic (exact) mass is 425 g/mol. The Kier molecular flexibility index (Phi) is 7.53. The first kappa shape index (κ1) is 22.9. The average molecular weight is 425 g/mol. The number of rotatable bonds is 9. The van der Waals surface area contributed by atoms with Gasteiger partial charge < -0.3 is 26.6 Å². The van der Waals surface area contributed by atoms with Crippen LogP contribution in [0.2, 0.25) is 0 Å². The number of nitrogens with two attached hydrogens (primary N) is 1. The molecule has 0 radical (unpaired) electrons. The van der Waals surface area contributed by atoms with Crippen molar-refractivity contribution >= 4 is 29.3 Å². The van der Waals surface area contributed by atoms with Crippen LogP contribution in [0.3, 0.4) is 0 Å². The van der Waals surface area contributed by atoms with E-state index in [9.17, 15) is 22.8 Å². The molecule has 0 aliphatic rings. The molecule has 0 saturated heterocycles. The van der Waals surface area contributed by atoms with E-state index in [1.807, 2.05) is 0 Å². The zero-order valence-electron chi connectivity index (χ0n) is 16.4. The number of aromatic nitrogens is 2. The molecule has 0 spiro atoms. The molecule has 30 heavy (non-hydrogen) atoms. The number of alkyl halides is 3. The molecule has 0 saturated carbocycles. The fraction of sp³-hybridized carbons (Fsp3) is 0.333. The molecule has 2 rings (SSSR count). The smallest absolute Gasteiger partial charge is 0.368 e. The van der Waals surface area contributed by atoms with Gasteiger partial charge in [-0.3, -0.25) is 9.59 Å². The molecule has 162 valence electrons. The lowest BCUT2D eigenvalue weighted by molar-refractivity contribution is -0.137. The number of anilines is 3. The zero-order chi connectivity index (χ0) is 22.3. The van der Waals surface area contributed by atoms with Crippen molar-refractivity contribution in [1.29, 1.82) is 0 Å². The summed E-state index contributed by atoms with van der Waals surface area (Å²) in [4.78, 5) is 31.9. The Balaban J connectivity index is 2.09. The first-order chi connectivity index (χ1) is 14.1. The van der Waals surface area contributed by atoms with E-state index in [-0.39, 0.29) is 37.1 Å². The molecule has 9 nitrogen and oxygen atoms in total. The fourth-order valence-corrected chi connectivity index (χ4v) is 2.36. The molecule has 0 fully saturated rings. The van der Waals surface area contributed by atoms with E-state index in [2.05, 4.69) is 25.9 Å². The van der Waals surface area contributed by atoms with Gasteiger partial charge in [-0.15, -0.1) is 0 Å². The maximum Gasteiger partial charge on any atom is 0.421 e. The van der Waals surface area contributed by atoms with Gasteiger partial charge in [0, 0.05) is 30.5 Å². The summed E-state index contributed by atoms with van der Waals surface area (Å²) >= 11 is 0. The highest BCUT2D eigenvalue weighted by atomic mass is 19.4. The van der Waals surface area contributed by atoms with Crippen LogP contribution in [0.15, 0.2) is 30.5 Å². The minimum Gasteiger partial charge on any atom is -0.368 e. The Bertz CT molecular complexity index is 886. The number of hydrogen-bond donors (Lipinski definition) is 4. The lowest BCUT2D eigenvalue weighted by Crippen LogP contribution is -2.36. The van der Waals surface area contributed by atoms with Crippen LogP contribution in [-0.4, -0.2) is 60.4 Å². The van der Waals surface area contributed by atoms with E-state index in [0.29, 0.717) is 11.9 Å². The Labute approximate surface area is 170 Å². The number of hydrogen-bond acceptors (Lipinski definition) is 7. The van der Waals surface area contributed by atoms with Crippen LogP contribution in [0.5, 0.6) is 0 Å². The maximum atomic E-state index is 13.2. The molecule has 1 heterocycles. The van der Waals surface area contributed by atoms with E-state index >= 15 is 0 Å². The van der Waals surface area contributed by atoms with Crippen molar-refractivity contribution in [2.45, 2.75) is 6.18 Å². The molecule has 0 aliphatic carbocycles. The minimum absolute atomic E-state index is 0.0337. The van der Waals surface area contributed by atoms with Gasteiger partial charge in [-0.25, -0.2) is 4.98 Å². The van der Waals surface area contributed by atoms with Crippen molar-refractivity contribution in [3.63, 3.8) is 0 Å². The highest BCUT2D eigenvalue weighted by Gasteiger charge is 2.35. The van der Waals surface area contributed by atoms with Crippen molar-refractivity contribution in [2.75, 3.05) is 44.4 Å². The van der Waals surface area contributed by atoms with Gasteiger partial charge >= 0.3 is 6.18 Å². The second-order valence-electron chi connectivity index (χ2n) is 6.53. The summed E-state index contributed by atoms with van der Waals surface area (Å²) in [5, 5.41) is 7.93. The number of likely N-dealkylation sites (N-methyl/N-ethyl adjacent to an activating group) is 1. The predicted molar refractivity (Wildman–Crippen MR) is 105 cm³/mol. The molecule has 2 amide bonds. The Hall–Kier alpha value is -3.41. The molecule has 1 aromatic carbocycles. The molecule has 0 atom stereocenters. The minimum atomic E-state index is -4.65. The van der Waals surface area contributed by atoms with Crippen molar-refractivity contribution in [2.24, 2.45) is 5.73 Å². The van der Waals surface area contributed by atoms with E-state index < -0.39 is 23.5 Å². The topological polar surface area (TPSA) is 125 Å². The fourth-order valence-electron chi connectivity index (χ4n) is 2.36. The van der Waals surface area contributed by atoms with E-state index in [4.69, 9.17) is 5.73 Å². The van der Waals surface area contributed by atoms with Gasteiger partial charge in [0.15, 0.2) is 0 Å². The Morgan fingerprint density at radius 2 is 1.80 bits per heavy atom. The number of nitrogens with zero attached hydrogens (tertiary/aromatic N) is 3. The van der Waals surface area contributed by atoms with Gasteiger partial charge in [-0.2, -0.15) is 18.2 Å². The maximum absolute atomic E-state index is 13.2. The number of halogens is 3. The second kappa shape index (κ2) is 9.87. The highest BCUT2D eigenvalue weighted by molar-refractivity contribution is 5.93. The summed E-state index contributed by atoms with van der Waals surface area (Å²) in [5.74, 6) is -1.34. The number of benzene rings is 1. The Morgan fingerprint density at radius 3 is 2.37 bits per heavy atom. The lowest BCUT2D eigenvalue weighted by Gasteiger charge is -2.15. The summed E-state index contributed by atoms with van der Waals surface area (Å²) in [6.07, 6.45) is -3.99. The second-order valence-corrected chi connectivity index (χ2v) is 6.53. The predicted octanol–water partition coefficient (Wildman–Crippen LogP) is 1.43. The van der Waals surface area contributed by atoms with Gasteiger partial charge in [-0.1, -0.05) is 0 Å². The summed E-state index contributed by atoms with van der Waals surface area (Å²) in [6, 6.07) is 5.97. The van der Waals surface area contributed by atoms with Crippen LogP contribution in [0.4, 0.5) is 30.6 Å². The SMILES string of the molecule is CN(C)CC(=O)NCCNc1nc(Nc2ccc(C(N)=O)cc2)ncc1C(F)(F)F. The van der Waals surface area contributed by atoms with Crippen LogP contribution in [0.25, 0.3) is 0 Å². The summed E-state index contributed by atoms with van der Waals surface area (Å²) in [7, 11) is 3.45. The molecular weight excluding hydrogens is 403 g/mol. The van der Waals surface area contributed by atoms with E-state index in [1.165, 1.54) is 24.3 Å². The van der Waals surface area contributed by atoms with Crippen molar-refractivity contribution < 1.29 is 22.8 Å². The van der Waals surface area contributed by atoms with Crippen LogP contribution in [0.1, 0.15) is 15.9 Å². The summed E-state index contributed by atoms with van der Waals surface area (Å²) in [6.45, 7) is 0.321. The van der Waals surface area contributed by atoms with Crippen molar-refractivity contribution in [3.05, 3.63) is 41.6 Å². The molecule has 12 heteroatoms. The van der Waals surface area contributed by atoms with Gasteiger partial charge in [0.1, 0.15) is 11.4 Å². The third kappa shape index (κ3) is 6.88. The zero-order valence-corrected chi connectivity index (χ0v) is 16.4. The van der Waals surface area contributed by atoms with Gasteiger partial charge in [0.2, 0.25) is 17.8 Å². The van der Waals surface area contributed by atoms with E-state index in [0.717, 1.165) is 0 Å². The van der Waals surface area contributed by atoms with E-state index in [1.54, 1.807) is 19.0 Å². The lowest BCUT2D eigenvalue weighted by atomic mass is 10.2. The molecule has 5 N–H and O–H groups in total. The first-order valence-corrected chi connectivity index (χ1v) is 8.82. The standard InChI is InChI=1S/C18H22F3N7O2/c1-28(2)10-14(29)23-7-8-24-16-13(18(19,20)21)9-25-17(27-16)26-12-5-3-11(4-6-12)15(22)30/h3-6,9H,7-8,10H2,1-2H3,(H2,22,30)(H,23,29)(H2,24,25,26,27). The first-order valence-electron chi connectivity index (χ1n) is 8.82. The number of amides is 2. The molecule has 0 aliphatic heterocycles. The molecule has 0 unspecified atom stereocenters. The molecular formula is C18H22F3N7O2. The van der Waals surface area contributed by atoms with Crippen LogP contribution < -0.4 is 21.7 Å². The highest BCUT2D eigenvalue weighted by Crippen LogP contribution is 2.34. The quantitative estimate of drug-likeness (QED) is 0.448. The molecule has 0 bridgehead atoms. The third-order valence-electron chi connectivity index (χ3n) is 3.72. The van der Waals surface area contributed by atoms with Crippen molar-refractivity contribution in [3.8, 4) is 0 Å².